The summed E-state index contributed by atoms with van der Waals surface area (Å²) in [6, 6.07) is 10.9. The van der Waals surface area contributed by atoms with Gasteiger partial charge in [0, 0.05) is 31.1 Å². The van der Waals surface area contributed by atoms with E-state index in [9.17, 15) is 14.4 Å². The van der Waals surface area contributed by atoms with Gasteiger partial charge in [0.2, 0.25) is 0 Å². The van der Waals surface area contributed by atoms with Gasteiger partial charge in [-0.3, -0.25) is 18.7 Å². The fourth-order valence-electron chi connectivity index (χ4n) is 2.33. The minimum atomic E-state index is -0.543. The van der Waals surface area contributed by atoms with Crippen molar-refractivity contribution < 1.29 is 4.79 Å². The number of benzene rings is 1. The second-order valence-electron chi connectivity index (χ2n) is 5.44. The van der Waals surface area contributed by atoms with Gasteiger partial charge >= 0.3 is 5.69 Å². The monoisotopic (exact) mass is 356 g/mol. The molecular weight excluding hydrogens is 340 g/mol. The number of hydrogen-bond acceptors (Lipinski definition) is 5. The van der Waals surface area contributed by atoms with E-state index in [1.807, 2.05) is 35.7 Å². The average Bonchev–Trinajstić information content (AvgIpc) is 3.11. The molecule has 2 heterocycles. The van der Waals surface area contributed by atoms with Crippen LogP contribution in [0, 0.1) is 0 Å². The van der Waals surface area contributed by atoms with Crippen LogP contribution >= 0.6 is 11.3 Å². The maximum absolute atomic E-state index is 12.3. The Morgan fingerprint density at radius 1 is 1.16 bits per heavy atom. The molecule has 25 heavy (non-hydrogen) atoms. The van der Waals surface area contributed by atoms with Crippen molar-refractivity contribution in [2.45, 2.75) is 6.54 Å². The molecule has 0 saturated carbocycles. The van der Waals surface area contributed by atoms with E-state index >= 15 is 0 Å². The molecule has 0 aliphatic heterocycles. The molecule has 0 atom stereocenters. The van der Waals surface area contributed by atoms with Crippen molar-refractivity contribution in [2.75, 3.05) is 0 Å². The van der Waals surface area contributed by atoms with Gasteiger partial charge in [-0.15, -0.1) is 11.3 Å². The number of nitrogens with one attached hydrogen (secondary N) is 1. The molecule has 1 aromatic carbocycles. The van der Waals surface area contributed by atoms with Gasteiger partial charge in [-0.05, 0) is 0 Å². The first-order valence-electron chi connectivity index (χ1n) is 7.52. The van der Waals surface area contributed by atoms with Gasteiger partial charge in [-0.2, -0.15) is 0 Å². The highest BCUT2D eigenvalue weighted by Gasteiger charge is 2.14. The van der Waals surface area contributed by atoms with E-state index in [1.165, 1.54) is 25.4 Å². The topological polar surface area (TPSA) is 86.0 Å². The van der Waals surface area contributed by atoms with Crippen molar-refractivity contribution in [1.82, 2.24) is 19.4 Å². The summed E-state index contributed by atoms with van der Waals surface area (Å²) < 4.78 is 2.09. The van der Waals surface area contributed by atoms with Gasteiger partial charge in [-0.1, -0.05) is 30.3 Å². The van der Waals surface area contributed by atoms with Crippen molar-refractivity contribution in [1.29, 1.82) is 0 Å². The molecule has 128 valence electrons. The molecule has 8 heteroatoms. The lowest BCUT2D eigenvalue weighted by molar-refractivity contribution is 0.0940. The molecule has 3 aromatic rings. The summed E-state index contributed by atoms with van der Waals surface area (Å²) in [6.45, 7) is 0.222. The Hall–Kier alpha value is -3.00. The second-order valence-corrected chi connectivity index (χ2v) is 6.39. The molecule has 1 N–H and O–H groups in total. The van der Waals surface area contributed by atoms with Crippen LogP contribution in [0.3, 0.4) is 0 Å². The number of amides is 1. The summed E-state index contributed by atoms with van der Waals surface area (Å²) in [5.74, 6) is -0.492. The Morgan fingerprint density at radius 2 is 1.88 bits per heavy atom. The number of nitrogens with zero attached hydrogens (tertiary/aromatic N) is 3. The van der Waals surface area contributed by atoms with Crippen LogP contribution in [-0.2, 0) is 20.6 Å². The Balaban J connectivity index is 1.75. The van der Waals surface area contributed by atoms with Crippen LogP contribution in [0.2, 0.25) is 0 Å². The highest BCUT2D eigenvalue weighted by atomic mass is 32.1. The fraction of sp³-hybridized carbons (Fsp3) is 0.176. The second kappa shape index (κ2) is 6.86. The quantitative estimate of drug-likeness (QED) is 0.759. The number of thiazole rings is 1. The predicted molar refractivity (Wildman–Crippen MR) is 95.6 cm³/mol. The molecule has 0 saturated heterocycles. The van der Waals surface area contributed by atoms with Crippen molar-refractivity contribution in [3.8, 4) is 11.3 Å². The van der Waals surface area contributed by atoms with Crippen molar-refractivity contribution in [2.24, 2.45) is 14.1 Å². The third kappa shape index (κ3) is 3.43. The SMILES string of the molecule is Cn1c(C(=O)NCc2nc(-c3ccccc3)cs2)cc(=O)n(C)c1=O. The number of carbonyl (C=O) groups excluding carboxylic acids is 1. The summed E-state index contributed by atoms with van der Waals surface area (Å²) in [4.78, 5) is 40.4. The summed E-state index contributed by atoms with van der Waals surface area (Å²) in [5.41, 5.74) is 0.807. The molecular formula is C17H16N4O3S. The summed E-state index contributed by atoms with van der Waals surface area (Å²) in [6.07, 6.45) is 0. The maximum atomic E-state index is 12.3. The zero-order valence-electron chi connectivity index (χ0n) is 13.7. The van der Waals surface area contributed by atoms with Crippen LogP contribution in [0.4, 0.5) is 0 Å². The predicted octanol–water partition coefficient (Wildman–Crippen LogP) is 1.14. The molecule has 3 rings (SSSR count). The number of rotatable bonds is 4. The molecule has 7 nitrogen and oxygen atoms in total. The Labute approximate surface area is 147 Å². The van der Waals surface area contributed by atoms with Crippen LogP contribution in [0.25, 0.3) is 11.3 Å². The lowest BCUT2D eigenvalue weighted by Gasteiger charge is -2.09. The molecule has 0 fully saturated rings. The summed E-state index contributed by atoms with van der Waals surface area (Å²) >= 11 is 1.43. The highest BCUT2D eigenvalue weighted by molar-refractivity contribution is 7.09. The van der Waals surface area contributed by atoms with Crippen LogP contribution in [0.15, 0.2) is 51.4 Å². The van der Waals surface area contributed by atoms with Gasteiger partial charge in [0.05, 0.1) is 12.2 Å². The van der Waals surface area contributed by atoms with Crippen LogP contribution in [0.5, 0.6) is 0 Å². The highest BCUT2D eigenvalue weighted by Crippen LogP contribution is 2.21. The normalized spacial score (nSPS) is 10.6. The molecule has 0 spiro atoms. The minimum Gasteiger partial charge on any atom is -0.344 e. The Morgan fingerprint density at radius 3 is 2.60 bits per heavy atom. The van der Waals surface area contributed by atoms with Crippen molar-refractivity contribution in [3.05, 3.63) is 73.3 Å². The summed E-state index contributed by atoms with van der Waals surface area (Å²) in [5, 5.41) is 5.35. The smallest absolute Gasteiger partial charge is 0.331 e. The molecule has 2 aromatic heterocycles. The van der Waals surface area contributed by atoms with Crippen LogP contribution in [0.1, 0.15) is 15.5 Å². The zero-order chi connectivity index (χ0) is 18.0. The first-order chi connectivity index (χ1) is 12.0. The lowest BCUT2D eigenvalue weighted by atomic mass is 10.2. The molecule has 0 aliphatic carbocycles. The standard InChI is InChI=1S/C17H16N4O3S/c1-20-13(8-15(22)21(2)17(20)24)16(23)18-9-14-19-12(10-25-14)11-6-4-3-5-7-11/h3-8,10H,9H2,1-2H3,(H,18,23). The third-order valence-electron chi connectivity index (χ3n) is 3.78. The first kappa shape index (κ1) is 16.8. The minimum absolute atomic E-state index is 0.0212. The maximum Gasteiger partial charge on any atom is 0.331 e. The average molecular weight is 356 g/mol. The Bertz CT molecular complexity index is 1030. The van der Waals surface area contributed by atoms with E-state index in [0.717, 1.165) is 31.5 Å². The van der Waals surface area contributed by atoms with E-state index in [1.54, 1.807) is 0 Å². The van der Waals surface area contributed by atoms with Gasteiger partial charge in [0.25, 0.3) is 11.5 Å². The molecule has 0 aliphatic rings. The molecule has 0 unspecified atom stereocenters. The largest absolute Gasteiger partial charge is 0.344 e. The van der Waals surface area contributed by atoms with E-state index in [-0.39, 0.29) is 12.2 Å². The lowest BCUT2D eigenvalue weighted by Crippen LogP contribution is -2.41. The number of carbonyl (C=O) groups is 1. The first-order valence-corrected chi connectivity index (χ1v) is 8.40. The van der Waals surface area contributed by atoms with Gasteiger partial charge in [-0.25, -0.2) is 9.78 Å². The number of hydrogen-bond donors (Lipinski definition) is 1. The molecule has 0 radical (unpaired) electrons. The van der Waals surface area contributed by atoms with Gasteiger partial charge in [0.15, 0.2) is 0 Å². The van der Waals surface area contributed by atoms with Gasteiger partial charge < -0.3 is 5.32 Å². The van der Waals surface area contributed by atoms with E-state index in [2.05, 4.69) is 10.3 Å². The van der Waals surface area contributed by atoms with E-state index in [4.69, 9.17) is 0 Å². The van der Waals surface area contributed by atoms with Gasteiger partial charge in [0.1, 0.15) is 10.7 Å². The third-order valence-corrected chi connectivity index (χ3v) is 4.63. The van der Waals surface area contributed by atoms with Crippen molar-refractivity contribution in [3.63, 3.8) is 0 Å². The fourth-order valence-corrected chi connectivity index (χ4v) is 3.07. The molecule has 0 bridgehead atoms. The zero-order valence-corrected chi connectivity index (χ0v) is 14.5. The Kier molecular flexibility index (Phi) is 4.62. The van der Waals surface area contributed by atoms with E-state index in [0.29, 0.717) is 0 Å². The number of aromatic nitrogens is 3. The van der Waals surface area contributed by atoms with Crippen LogP contribution < -0.4 is 16.6 Å². The summed E-state index contributed by atoms with van der Waals surface area (Å²) in [7, 11) is 2.82. The van der Waals surface area contributed by atoms with E-state index < -0.39 is 17.2 Å². The van der Waals surface area contributed by atoms with Crippen molar-refractivity contribution >= 4 is 17.2 Å². The van der Waals surface area contributed by atoms with Crippen LogP contribution in [-0.4, -0.2) is 20.0 Å². The molecule has 1 amide bonds.